The second-order valence-electron chi connectivity index (χ2n) is 5.14. The van der Waals surface area contributed by atoms with E-state index < -0.39 is 0 Å². The molecule has 2 nitrogen and oxygen atoms in total. The van der Waals surface area contributed by atoms with Crippen molar-refractivity contribution in [2.24, 2.45) is 17.8 Å². The Labute approximate surface area is 88.5 Å². The van der Waals surface area contributed by atoms with E-state index in [0.29, 0.717) is 23.9 Å². The second kappa shape index (κ2) is 5.17. The summed E-state index contributed by atoms with van der Waals surface area (Å²) in [7, 11) is 0.0278. The molecule has 1 aliphatic heterocycles. The Morgan fingerprint density at radius 1 is 1.29 bits per heavy atom. The van der Waals surface area contributed by atoms with Crippen molar-refractivity contribution < 1.29 is 9.31 Å². The van der Waals surface area contributed by atoms with Crippen LogP contribution in [-0.2, 0) is 9.31 Å². The van der Waals surface area contributed by atoms with Gasteiger partial charge in [-0.15, -0.1) is 0 Å². The fraction of sp³-hybridized carbons (Fsp3) is 1.00. The Kier molecular flexibility index (Phi) is 4.46. The van der Waals surface area contributed by atoms with Crippen LogP contribution < -0.4 is 0 Å². The van der Waals surface area contributed by atoms with Crippen LogP contribution in [0.25, 0.3) is 0 Å². The normalized spacial score (nSPS) is 28.9. The van der Waals surface area contributed by atoms with Crippen molar-refractivity contribution in [1.29, 1.82) is 0 Å². The topological polar surface area (TPSA) is 18.5 Å². The lowest BCUT2D eigenvalue weighted by atomic mass is 9.75. The number of rotatable bonds is 3. The molecule has 0 aliphatic carbocycles. The van der Waals surface area contributed by atoms with Gasteiger partial charge in [0.25, 0.3) is 0 Å². The molecule has 1 fully saturated rings. The van der Waals surface area contributed by atoms with Crippen molar-refractivity contribution >= 4 is 7.12 Å². The average molecular weight is 198 g/mol. The SMILES string of the molecule is CC(C)CB1OCC(C(C)C)C(C)O1. The predicted molar refractivity (Wildman–Crippen MR) is 60.2 cm³/mol. The van der Waals surface area contributed by atoms with E-state index in [4.69, 9.17) is 9.31 Å². The van der Waals surface area contributed by atoms with Crippen molar-refractivity contribution in [3.05, 3.63) is 0 Å². The summed E-state index contributed by atoms with van der Waals surface area (Å²) in [6.07, 6.45) is 1.35. The molecule has 1 heterocycles. The minimum absolute atomic E-state index is 0.0278. The lowest BCUT2D eigenvalue weighted by molar-refractivity contribution is 0.00132. The van der Waals surface area contributed by atoms with Gasteiger partial charge in [-0.2, -0.15) is 0 Å². The number of hydrogen-bond donors (Lipinski definition) is 0. The van der Waals surface area contributed by atoms with Crippen LogP contribution in [0.5, 0.6) is 0 Å². The molecule has 0 saturated carbocycles. The van der Waals surface area contributed by atoms with Gasteiger partial charge in [-0.25, -0.2) is 0 Å². The Bertz CT molecular complexity index is 171. The quantitative estimate of drug-likeness (QED) is 0.649. The Morgan fingerprint density at radius 2 is 1.93 bits per heavy atom. The van der Waals surface area contributed by atoms with Gasteiger partial charge in [0.2, 0.25) is 0 Å². The summed E-state index contributed by atoms with van der Waals surface area (Å²) in [5.41, 5.74) is 0. The highest BCUT2D eigenvalue weighted by atomic mass is 16.6. The van der Waals surface area contributed by atoms with Gasteiger partial charge in [0, 0.05) is 18.6 Å². The highest BCUT2D eigenvalue weighted by molar-refractivity contribution is 6.44. The summed E-state index contributed by atoms with van der Waals surface area (Å²) in [6.45, 7) is 11.9. The molecule has 1 saturated heterocycles. The smallest absolute Gasteiger partial charge is 0.411 e. The van der Waals surface area contributed by atoms with E-state index in [-0.39, 0.29) is 7.12 Å². The van der Waals surface area contributed by atoms with E-state index in [2.05, 4.69) is 34.6 Å². The van der Waals surface area contributed by atoms with Crippen molar-refractivity contribution in [2.45, 2.75) is 47.0 Å². The van der Waals surface area contributed by atoms with Crippen LogP contribution >= 0.6 is 0 Å². The van der Waals surface area contributed by atoms with Crippen molar-refractivity contribution in [2.75, 3.05) is 6.61 Å². The molecule has 0 aromatic heterocycles. The zero-order valence-corrected chi connectivity index (χ0v) is 10.1. The molecule has 0 spiro atoms. The number of hydrogen-bond acceptors (Lipinski definition) is 2. The summed E-state index contributed by atoms with van der Waals surface area (Å²) in [4.78, 5) is 0. The van der Waals surface area contributed by atoms with Gasteiger partial charge < -0.3 is 9.31 Å². The summed E-state index contributed by atoms with van der Waals surface area (Å²) >= 11 is 0. The van der Waals surface area contributed by atoms with Gasteiger partial charge in [0.05, 0.1) is 0 Å². The fourth-order valence-corrected chi connectivity index (χ4v) is 1.98. The Balaban J connectivity index is 2.39. The molecule has 3 heteroatoms. The predicted octanol–water partition coefficient (Wildman–Crippen LogP) is 2.84. The molecule has 0 aromatic rings. The van der Waals surface area contributed by atoms with Crippen LogP contribution in [0.1, 0.15) is 34.6 Å². The van der Waals surface area contributed by atoms with Crippen molar-refractivity contribution in [3.8, 4) is 0 Å². The molecule has 82 valence electrons. The minimum Gasteiger partial charge on any atom is -0.411 e. The van der Waals surface area contributed by atoms with Crippen LogP contribution in [0.2, 0.25) is 6.32 Å². The van der Waals surface area contributed by atoms with Gasteiger partial charge in [-0.1, -0.05) is 27.7 Å². The molecular formula is C11H23BO2. The zero-order chi connectivity index (χ0) is 10.7. The Hall–Kier alpha value is -0.0151. The largest absolute Gasteiger partial charge is 0.457 e. The molecule has 14 heavy (non-hydrogen) atoms. The summed E-state index contributed by atoms with van der Waals surface area (Å²) in [5.74, 6) is 1.84. The standard InChI is InChI=1S/C11H23BO2/c1-8(2)6-12-13-7-11(9(3)4)10(5)14-12/h8-11H,6-7H2,1-5H3. The van der Waals surface area contributed by atoms with Crippen LogP contribution in [0.4, 0.5) is 0 Å². The first-order valence-corrected chi connectivity index (χ1v) is 5.77. The molecule has 2 unspecified atom stereocenters. The van der Waals surface area contributed by atoms with E-state index in [1.807, 2.05) is 0 Å². The van der Waals surface area contributed by atoms with Crippen LogP contribution in [0.3, 0.4) is 0 Å². The maximum Gasteiger partial charge on any atom is 0.457 e. The molecule has 0 N–H and O–H groups in total. The van der Waals surface area contributed by atoms with E-state index in [0.717, 1.165) is 12.9 Å². The van der Waals surface area contributed by atoms with Gasteiger partial charge in [-0.3, -0.25) is 0 Å². The zero-order valence-electron chi connectivity index (χ0n) is 10.1. The molecule has 0 bridgehead atoms. The molecule has 0 aromatic carbocycles. The summed E-state index contributed by atoms with van der Waals surface area (Å²) in [5, 5.41) is 0. The maximum atomic E-state index is 5.85. The van der Waals surface area contributed by atoms with Crippen LogP contribution in [-0.4, -0.2) is 19.8 Å². The first-order chi connectivity index (χ1) is 6.50. The third kappa shape index (κ3) is 3.28. The highest BCUT2D eigenvalue weighted by Gasteiger charge is 2.34. The van der Waals surface area contributed by atoms with Crippen molar-refractivity contribution in [3.63, 3.8) is 0 Å². The highest BCUT2D eigenvalue weighted by Crippen LogP contribution is 2.25. The second-order valence-corrected chi connectivity index (χ2v) is 5.14. The average Bonchev–Trinajstić information content (AvgIpc) is 2.01. The molecule has 0 radical (unpaired) electrons. The molecule has 0 amide bonds. The maximum absolute atomic E-state index is 5.85. The lowest BCUT2D eigenvalue weighted by Crippen LogP contribution is -2.43. The molecular weight excluding hydrogens is 175 g/mol. The minimum atomic E-state index is 0.0278. The van der Waals surface area contributed by atoms with Gasteiger partial charge in [0.15, 0.2) is 0 Å². The van der Waals surface area contributed by atoms with Crippen LogP contribution in [0, 0.1) is 17.8 Å². The van der Waals surface area contributed by atoms with Gasteiger partial charge in [-0.05, 0) is 25.1 Å². The van der Waals surface area contributed by atoms with E-state index in [1.165, 1.54) is 0 Å². The van der Waals surface area contributed by atoms with E-state index in [1.54, 1.807) is 0 Å². The first kappa shape index (κ1) is 12.1. The van der Waals surface area contributed by atoms with E-state index in [9.17, 15) is 0 Å². The molecule has 1 aliphatic rings. The summed E-state index contributed by atoms with van der Waals surface area (Å²) < 4.78 is 11.6. The monoisotopic (exact) mass is 198 g/mol. The fourth-order valence-electron chi connectivity index (χ4n) is 1.98. The van der Waals surface area contributed by atoms with E-state index >= 15 is 0 Å². The third-order valence-electron chi connectivity index (χ3n) is 2.96. The molecule has 1 rings (SSSR count). The summed E-state index contributed by atoms with van der Waals surface area (Å²) in [6, 6.07) is 0. The van der Waals surface area contributed by atoms with Crippen molar-refractivity contribution in [1.82, 2.24) is 0 Å². The first-order valence-electron chi connectivity index (χ1n) is 5.77. The third-order valence-corrected chi connectivity index (χ3v) is 2.96. The van der Waals surface area contributed by atoms with Crippen LogP contribution in [0.15, 0.2) is 0 Å². The van der Waals surface area contributed by atoms with Gasteiger partial charge >= 0.3 is 7.12 Å². The lowest BCUT2D eigenvalue weighted by Gasteiger charge is -2.36. The Morgan fingerprint density at radius 3 is 2.36 bits per heavy atom. The van der Waals surface area contributed by atoms with Gasteiger partial charge in [0.1, 0.15) is 0 Å². The molecule has 2 atom stereocenters.